The van der Waals surface area contributed by atoms with Crippen LogP contribution in [0.4, 0.5) is 0 Å². The molecule has 0 saturated carbocycles. The molecule has 0 aromatic carbocycles. The highest BCUT2D eigenvalue weighted by molar-refractivity contribution is 5.55. The molecule has 1 aromatic rings. The topological polar surface area (TPSA) is 101 Å². The van der Waals surface area contributed by atoms with E-state index in [0.717, 1.165) is 0 Å². The van der Waals surface area contributed by atoms with Crippen LogP contribution in [-0.4, -0.2) is 33.7 Å². The second-order valence-corrected chi connectivity index (χ2v) is 3.86. The Morgan fingerprint density at radius 2 is 2.35 bits per heavy atom. The molecule has 7 heteroatoms. The third-order valence-electron chi connectivity index (χ3n) is 2.80. The minimum Gasteiger partial charge on any atom is -0.394 e. The summed E-state index contributed by atoms with van der Waals surface area (Å²) >= 11 is 0. The summed E-state index contributed by atoms with van der Waals surface area (Å²) in [5.41, 5.74) is -1.08. The van der Waals surface area contributed by atoms with Crippen molar-refractivity contribution in [2.45, 2.75) is 18.8 Å². The zero-order valence-corrected chi connectivity index (χ0v) is 8.91. The average Bonchev–Trinajstić information content (AvgIpc) is 2.72. The summed E-state index contributed by atoms with van der Waals surface area (Å²) in [6.07, 6.45) is 1.09. The van der Waals surface area contributed by atoms with Crippen LogP contribution in [0.3, 0.4) is 0 Å². The highest BCUT2D eigenvalue weighted by atomic mass is 16.5. The lowest BCUT2D eigenvalue weighted by Crippen LogP contribution is -2.31. The molecular formula is C10H12N2O5. The molecule has 1 saturated heterocycles. The van der Waals surface area contributed by atoms with Gasteiger partial charge in [-0.2, -0.15) is 0 Å². The number of nitrogens with zero attached hydrogens (tertiary/aromatic N) is 1. The largest absolute Gasteiger partial charge is 0.394 e. The molecule has 0 amide bonds. The monoisotopic (exact) mass is 240 g/mol. The Labute approximate surface area is 95.7 Å². The first-order chi connectivity index (χ1) is 8.15. The first-order valence-corrected chi connectivity index (χ1v) is 5.19. The van der Waals surface area contributed by atoms with E-state index in [-0.39, 0.29) is 6.61 Å². The predicted octanol–water partition coefficient (Wildman–Crippen LogP) is -1.37. The Kier molecular flexibility index (Phi) is 3.21. The van der Waals surface area contributed by atoms with Crippen molar-refractivity contribution in [2.24, 2.45) is 5.92 Å². The average molecular weight is 240 g/mol. The quantitative estimate of drug-likeness (QED) is 0.635. The van der Waals surface area contributed by atoms with Crippen LogP contribution in [0.1, 0.15) is 12.6 Å². The summed E-state index contributed by atoms with van der Waals surface area (Å²) < 4.78 is 6.58. The van der Waals surface area contributed by atoms with Crippen molar-refractivity contribution in [3.05, 3.63) is 33.1 Å². The predicted molar refractivity (Wildman–Crippen MR) is 56.5 cm³/mol. The Hall–Kier alpha value is -1.73. The fraction of sp³-hybridized carbons (Fsp3) is 0.500. The number of carbonyl (C=O) groups excluding carboxylic acids is 1. The third-order valence-corrected chi connectivity index (χ3v) is 2.80. The van der Waals surface area contributed by atoms with Gasteiger partial charge in [0.1, 0.15) is 12.5 Å². The van der Waals surface area contributed by atoms with E-state index in [1.807, 2.05) is 0 Å². The van der Waals surface area contributed by atoms with Gasteiger partial charge in [0, 0.05) is 24.6 Å². The molecule has 3 atom stereocenters. The van der Waals surface area contributed by atoms with Gasteiger partial charge in [0.15, 0.2) is 0 Å². The van der Waals surface area contributed by atoms with E-state index in [4.69, 9.17) is 9.84 Å². The summed E-state index contributed by atoms with van der Waals surface area (Å²) in [4.78, 5) is 35.2. The van der Waals surface area contributed by atoms with Crippen molar-refractivity contribution in [1.82, 2.24) is 9.55 Å². The number of carbonyl (C=O) groups is 1. The summed E-state index contributed by atoms with van der Waals surface area (Å²) in [6.45, 7) is -0.280. The normalized spacial score (nSPS) is 28.2. The second kappa shape index (κ2) is 4.64. The fourth-order valence-electron chi connectivity index (χ4n) is 1.90. The lowest BCUT2D eigenvalue weighted by atomic mass is 10.0. The minimum atomic E-state index is -0.633. The van der Waals surface area contributed by atoms with Crippen LogP contribution >= 0.6 is 0 Å². The van der Waals surface area contributed by atoms with Crippen LogP contribution in [0.5, 0.6) is 0 Å². The molecule has 0 spiro atoms. The number of nitrogens with one attached hydrogen (secondary N) is 1. The fourth-order valence-corrected chi connectivity index (χ4v) is 1.90. The molecule has 2 heterocycles. The summed E-state index contributed by atoms with van der Waals surface area (Å²) in [6, 6.07) is 1.20. The molecule has 2 N–H and O–H groups in total. The highest BCUT2D eigenvalue weighted by Gasteiger charge is 2.35. The molecule has 0 aliphatic carbocycles. The van der Waals surface area contributed by atoms with Crippen LogP contribution in [0, 0.1) is 5.92 Å². The number of H-pyrrole nitrogens is 1. The molecule has 0 bridgehead atoms. The first-order valence-electron chi connectivity index (χ1n) is 5.19. The van der Waals surface area contributed by atoms with Crippen molar-refractivity contribution in [3.8, 4) is 0 Å². The van der Waals surface area contributed by atoms with Gasteiger partial charge < -0.3 is 14.6 Å². The van der Waals surface area contributed by atoms with Crippen molar-refractivity contribution in [1.29, 1.82) is 0 Å². The van der Waals surface area contributed by atoms with E-state index >= 15 is 0 Å². The highest BCUT2D eigenvalue weighted by Crippen LogP contribution is 2.30. The Balaban J connectivity index is 2.28. The molecule has 7 nitrogen and oxygen atoms in total. The van der Waals surface area contributed by atoms with E-state index in [0.29, 0.717) is 12.7 Å². The number of aliphatic hydroxyl groups is 1. The number of ether oxygens (including phenoxy) is 1. The lowest BCUT2D eigenvalue weighted by Gasteiger charge is -2.13. The van der Waals surface area contributed by atoms with E-state index in [2.05, 4.69) is 4.98 Å². The van der Waals surface area contributed by atoms with Gasteiger partial charge in [0.2, 0.25) is 0 Å². The van der Waals surface area contributed by atoms with Gasteiger partial charge in [-0.1, -0.05) is 0 Å². The number of aliphatic hydroxyl groups excluding tert-OH is 1. The van der Waals surface area contributed by atoms with Crippen LogP contribution in [0.25, 0.3) is 0 Å². The summed E-state index contributed by atoms with van der Waals surface area (Å²) in [5.74, 6) is -0.441. The first kappa shape index (κ1) is 11.7. The molecular weight excluding hydrogens is 228 g/mol. The number of aldehydes is 1. The summed E-state index contributed by atoms with van der Waals surface area (Å²) in [7, 11) is 0. The van der Waals surface area contributed by atoms with Crippen molar-refractivity contribution in [3.63, 3.8) is 0 Å². The van der Waals surface area contributed by atoms with Crippen LogP contribution in [0.15, 0.2) is 21.9 Å². The third kappa shape index (κ3) is 2.20. The molecule has 1 aliphatic heterocycles. The zero-order chi connectivity index (χ0) is 12.4. The number of hydrogen-bond acceptors (Lipinski definition) is 5. The molecule has 17 heavy (non-hydrogen) atoms. The maximum atomic E-state index is 11.5. The maximum Gasteiger partial charge on any atom is 0.330 e. The van der Waals surface area contributed by atoms with Gasteiger partial charge in [-0.3, -0.25) is 14.3 Å². The molecule has 2 rings (SSSR count). The Morgan fingerprint density at radius 1 is 1.59 bits per heavy atom. The van der Waals surface area contributed by atoms with E-state index in [1.165, 1.54) is 16.8 Å². The Morgan fingerprint density at radius 3 is 2.88 bits per heavy atom. The van der Waals surface area contributed by atoms with Crippen molar-refractivity contribution >= 4 is 6.29 Å². The standard InChI is InChI=1S/C10H12N2O5/c13-4-6-3-9(17-7(6)5-14)12-2-1-8(15)11-10(12)16/h1-2,4,6-7,9,14H,3,5H2,(H,11,15,16)/t6-,7-,9-/m1/s1. The molecule has 92 valence electrons. The minimum absolute atomic E-state index is 0.280. The van der Waals surface area contributed by atoms with Crippen molar-refractivity contribution < 1.29 is 14.6 Å². The van der Waals surface area contributed by atoms with Crippen LogP contribution in [0.2, 0.25) is 0 Å². The second-order valence-electron chi connectivity index (χ2n) is 3.86. The van der Waals surface area contributed by atoms with Gasteiger partial charge in [0.25, 0.3) is 5.56 Å². The smallest absolute Gasteiger partial charge is 0.330 e. The van der Waals surface area contributed by atoms with Crippen LogP contribution < -0.4 is 11.2 Å². The molecule has 1 fully saturated rings. The molecule has 0 radical (unpaired) electrons. The number of aromatic nitrogens is 2. The maximum absolute atomic E-state index is 11.5. The van der Waals surface area contributed by atoms with Gasteiger partial charge in [-0.05, 0) is 0 Å². The zero-order valence-electron chi connectivity index (χ0n) is 8.91. The molecule has 0 unspecified atom stereocenters. The van der Waals surface area contributed by atoms with Crippen LogP contribution in [-0.2, 0) is 9.53 Å². The lowest BCUT2D eigenvalue weighted by molar-refractivity contribution is -0.113. The van der Waals surface area contributed by atoms with Gasteiger partial charge in [-0.25, -0.2) is 4.79 Å². The SMILES string of the molecule is O=C[C@H]1C[C@H](n2ccc(=O)[nH]c2=O)O[C@@H]1CO. The molecule has 1 aromatic heterocycles. The summed E-state index contributed by atoms with van der Waals surface area (Å²) in [5, 5.41) is 9.02. The molecule has 1 aliphatic rings. The van der Waals surface area contributed by atoms with E-state index < -0.39 is 29.5 Å². The number of hydrogen-bond donors (Lipinski definition) is 2. The van der Waals surface area contributed by atoms with Gasteiger partial charge in [0.05, 0.1) is 12.7 Å². The Bertz CT molecular complexity index is 520. The van der Waals surface area contributed by atoms with E-state index in [9.17, 15) is 14.4 Å². The van der Waals surface area contributed by atoms with Gasteiger partial charge in [-0.15, -0.1) is 0 Å². The number of rotatable bonds is 3. The number of aromatic amines is 1. The van der Waals surface area contributed by atoms with Gasteiger partial charge >= 0.3 is 5.69 Å². The van der Waals surface area contributed by atoms with E-state index in [1.54, 1.807) is 0 Å². The van der Waals surface area contributed by atoms with Crippen molar-refractivity contribution in [2.75, 3.05) is 6.61 Å².